The highest BCUT2D eigenvalue weighted by molar-refractivity contribution is 7.23. The minimum absolute atomic E-state index is 0.0730. The Morgan fingerprint density at radius 1 is 0.676 bits per heavy atom. The Hall–Kier alpha value is -2.70. The lowest BCUT2D eigenvalue weighted by molar-refractivity contribution is -0.148. The van der Waals surface area contributed by atoms with Crippen LogP contribution in [-0.2, 0) is 9.59 Å². The van der Waals surface area contributed by atoms with E-state index in [-0.39, 0.29) is 29.6 Å². The van der Waals surface area contributed by atoms with E-state index in [0.717, 1.165) is 46.5 Å². The first-order chi connectivity index (χ1) is 16.6. The molecule has 4 aliphatic carbocycles. The van der Waals surface area contributed by atoms with E-state index in [4.69, 9.17) is 0 Å². The van der Waals surface area contributed by atoms with E-state index < -0.39 is 0 Å². The third kappa shape index (κ3) is 3.38. The minimum atomic E-state index is -0.0730. The number of anilines is 2. The van der Waals surface area contributed by atoms with Crippen LogP contribution in [0, 0.1) is 35.5 Å². The third-order valence-corrected chi connectivity index (χ3v) is 10.4. The predicted octanol–water partition coefficient (Wildman–Crippen LogP) is 6.99. The van der Waals surface area contributed by atoms with Crippen LogP contribution in [0.2, 0.25) is 0 Å². The maximum absolute atomic E-state index is 13.6. The van der Waals surface area contributed by atoms with Crippen LogP contribution in [0.5, 0.6) is 0 Å². The van der Waals surface area contributed by atoms with Gasteiger partial charge in [-0.25, -0.2) is 0 Å². The number of carbonyl (C=O) groups excluding carboxylic acids is 2. The fourth-order valence-corrected chi connectivity index (χ4v) is 9.16. The second-order valence-corrected chi connectivity index (χ2v) is 12.5. The average Bonchev–Trinajstić information content (AvgIpc) is 3.41. The molecule has 4 nitrogen and oxygen atoms in total. The van der Waals surface area contributed by atoms with Gasteiger partial charge in [-0.3, -0.25) is 9.59 Å². The predicted molar refractivity (Wildman–Crippen MR) is 140 cm³/mol. The Kier molecular flexibility index (Phi) is 4.81. The van der Waals surface area contributed by atoms with Crippen molar-refractivity contribution < 1.29 is 9.59 Å². The summed E-state index contributed by atoms with van der Waals surface area (Å²) in [5.74, 6) is 1.71. The van der Waals surface area contributed by atoms with Gasteiger partial charge >= 0.3 is 0 Å². The van der Waals surface area contributed by atoms with E-state index in [2.05, 4.69) is 47.0 Å². The molecule has 0 spiro atoms. The van der Waals surface area contributed by atoms with Gasteiger partial charge in [0.1, 0.15) is 0 Å². The number of rotatable bonds is 4. The van der Waals surface area contributed by atoms with Crippen LogP contribution in [0.15, 0.2) is 60.7 Å². The number of hydrogen-bond donors (Lipinski definition) is 2. The van der Waals surface area contributed by atoms with Crippen molar-refractivity contribution in [1.82, 2.24) is 0 Å². The summed E-state index contributed by atoms with van der Waals surface area (Å²) in [4.78, 5) is 27.2. The highest BCUT2D eigenvalue weighted by Crippen LogP contribution is 2.59. The number of amides is 2. The Morgan fingerprint density at radius 2 is 1.18 bits per heavy atom. The number of thiophene rings is 2. The molecule has 172 valence electrons. The maximum Gasteiger partial charge on any atom is 0.228 e. The summed E-state index contributed by atoms with van der Waals surface area (Å²) in [5, 5.41) is 10.6. The van der Waals surface area contributed by atoms with Crippen molar-refractivity contribution >= 4 is 64.7 Å². The quantitative estimate of drug-likeness (QED) is 0.327. The zero-order valence-corrected chi connectivity index (χ0v) is 20.3. The van der Waals surface area contributed by atoms with Crippen molar-refractivity contribution in [1.29, 1.82) is 0 Å². The van der Waals surface area contributed by atoms with Gasteiger partial charge < -0.3 is 10.6 Å². The smallest absolute Gasteiger partial charge is 0.228 e. The molecule has 0 saturated heterocycles. The van der Waals surface area contributed by atoms with Gasteiger partial charge in [0.25, 0.3) is 0 Å². The van der Waals surface area contributed by atoms with E-state index in [1.807, 2.05) is 24.3 Å². The largest absolute Gasteiger partial charge is 0.317 e. The second-order valence-electron chi connectivity index (χ2n) is 10.3. The maximum atomic E-state index is 13.6. The van der Waals surface area contributed by atoms with Crippen molar-refractivity contribution in [3.05, 3.63) is 60.7 Å². The molecule has 4 aromatic rings. The highest BCUT2D eigenvalue weighted by Gasteiger charge is 2.57. The second kappa shape index (κ2) is 7.92. The van der Waals surface area contributed by atoms with Crippen LogP contribution in [0.3, 0.4) is 0 Å². The zero-order chi connectivity index (χ0) is 22.8. The average molecular weight is 487 g/mol. The molecular formula is C28H26N2O2S2. The molecule has 2 N–H and O–H groups in total. The standard InChI is InChI=1S/C28H26N2O2S2/c31-27(29-23-13-16-5-1-3-7-21(16)33-23)25-18-9-15-10-19(12-18)26(20(25)11-15)28(32)30-24-14-17-6-2-4-8-22(17)34-24/h1-8,13-15,18-20,25-26H,9-12H2,(H,29,31)(H,30,32). The molecule has 2 aromatic heterocycles. The summed E-state index contributed by atoms with van der Waals surface area (Å²) >= 11 is 3.26. The molecule has 2 heterocycles. The minimum Gasteiger partial charge on any atom is -0.317 e. The molecule has 0 aliphatic heterocycles. The van der Waals surface area contributed by atoms with Gasteiger partial charge in [-0.05, 0) is 84.4 Å². The number of hydrogen-bond acceptors (Lipinski definition) is 4. The van der Waals surface area contributed by atoms with Crippen LogP contribution < -0.4 is 10.6 Å². The van der Waals surface area contributed by atoms with Crippen LogP contribution in [-0.4, -0.2) is 11.8 Å². The SMILES string of the molecule is O=C(Nc1cc2ccccc2s1)C1C2CC3CC(C2)C(C(=O)Nc2cc4ccccc4s2)C1C3. The molecule has 2 amide bonds. The van der Waals surface area contributed by atoms with Gasteiger partial charge in [0.2, 0.25) is 11.8 Å². The van der Waals surface area contributed by atoms with Gasteiger partial charge in [-0.15, -0.1) is 22.7 Å². The van der Waals surface area contributed by atoms with Crippen molar-refractivity contribution in [3.63, 3.8) is 0 Å². The van der Waals surface area contributed by atoms with Crippen LogP contribution in [0.25, 0.3) is 20.2 Å². The Bertz CT molecular complexity index is 1250. The number of carbonyl (C=O) groups is 2. The Morgan fingerprint density at radius 3 is 1.68 bits per heavy atom. The Balaban J connectivity index is 1.14. The molecule has 4 atom stereocenters. The molecule has 4 unspecified atom stereocenters. The van der Waals surface area contributed by atoms with E-state index >= 15 is 0 Å². The summed E-state index contributed by atoms with van der Waals surface area (Å²) in [5.41, 5.74) is 0. The molecule has 8 rings (SSSR count). The molecule has 34 heavy (non-hydrogen) atoms. The van der Waals surface area contributed by atoms with E-state index in [9.17, 15) is 9.59 Å². The van der Waals surface area contributed by atoms with Crippen LogP contribution in [0.4, 0.5) is 10.0 Å². The first kappa shape index (κ1) is 20.7. The zero-order valence-electron chi connectivity index (χ0n) is 18.7. The van der Waals surface area contributed by atoms with Gasteiger partial charge in [0.15, 0.2) is 0 Å². The third-order valence-electron chi connectivity index (χ3n) is 8.37. The molecular weight excluding hydrogens is 460 g/mol. The van der Waals surface area contributed by atoms with Crippen molar-refractivity contribution in [3.8, 4) is 0 Å². The lowest BCUT2D eigenvalue weighted by atomic mass is 9.47. The molecule has 4 saturated carbocycles. The van der Waals surface area contributed by atoms with E-state index in [1.54, 1.807) is 22.7 Å². The molecule has 2 aromatic carbocycles. The highest BCUT2D eigenvalue weighted by atomic mass is 32.1. The first-order valence-corrected chi connectivity index (χ1v) is 13.8. The van der Waals surface area contributed by atoms with Crippen LogP contribution >= 0.6 is 22.7 Å². The number of benzene rings is 2. The van der Waals surface area contributed by atoms with Crippen molar-refractivity contribution in [2.24, 2.45) is 35.5 Å². The summed E-state index contributed by atoms with van der Waals surface area (Å²) in [7, 11) is 0. The van der Waals surface area contributed by atoms with Gasteiger partial charge in [-0.1, -0.05) is 36.4 Å². The fourth-order valence-electron chi connectivity index (χ4n) is 7.23. The van der Waals surface area contributed by atoms with Crippen LogP contribution in [0.1, 0.15) is 25.7 Å². The molecule has 4 fully saturated rings. The van der Waals surface area contributed by atoms with E-state index in [1.165, 1.54) is 9.40 Å². The van der Waals surface area contributed by atoms with Gasteiger partial charge in [0, 0.05) is 21.2 Å². The summed E-state index contributed by atoms with van der Waals surface area (Å²) in [6, 6.07) is 20.6. The van der Waals surface area contributed by atoms with Crippen molar-refractivity contribution in [2.75, 3.05) is 10.6 Å². The Labute approximate surface area is 206 Å². The summed E-state index contributed by atoms with van der Waals surface area (Å²) in [6.45, 7) is 0. The molecule has 6 heteroatoms. The normalized spacial score (nSPS) is 29.5. The topological polar surface area (TPSA) is 58.2 Å². The lowest BCUT2D eigenvalue weighted by Gasteiger charge is -2.57. The molecule has 4 aliphatic rings. The van der Waals surface area contributed by atoms with Gasteiger partial charge in [-0.2, -0.15) is 0 Å². The van der Waals surface area contributed by atoms with Gasteiger partial charge in [0.05, 0.1) is 10.0 Å². The summed E-state index contributed by atoms with van der Waals surface area (Å²) < 4.78 is 2.37. The van der Waals surface area contributed by atoms with Crippen molar-refractivity contribution in [2.45, 2.75) is 25.7 Å². The molecule has 4 bridgehead atoms. The number of fused-ring (bicyclic) bond motifs is 2. The lowest BCUT2D eigenvalue weighted by Crippen LogP contribution is -2.56. The molecule has 0 radical (unpaired) electrons. The van der Waals surface area contributed by atoms with E-state index in [0.29, 0.717) is 17.8 Å². The fraction of sp³-hybridized carbons (Fsp3) is 0.357. The first-order valence-electron chi connectivity index (χ1n) is 12.2. The number of nitrogens with one attached hydrogen (secondary N) is 2. The summed E-state index contributed by atoms with van der Waals surface area (Å²) in [6.07, 6.45) is 4.29. The monoisotopic (exact) mass is 486 g/mol.